The van der Waals surface area contributed by atoms with Gasteiger partial charge in [-0.1, -0.05) is 55.1 Å². The van der Waals surface area contributed by atoms with E-state index in [1.807, 2.05) is 53.4 Å². The van der Waals surface area contributed by atoms with Crippen molar-refractivity contribution in [1.82, 2.24) is 15.5 Å². The van der Waals surface area contributed by atoms with Gasteiger partial charge in [0.1, 0.15) is 6.04 Å². The topological polar surface area (TPSA) is 81.8 Å². The summed E-state index contributed by atoms with van der Waals surface area (Å²) >= 11 is 0. The lowest BCUT2D eigenvalue weighted by atomic mass is 10.1. The summed E-state index contributed by atoms with van der Waals surface area (Å²) in [6.45, 7) is 6.71. The smallest absolute Gasteiger partial charge is 0.245 e. The highest BCUT2D eigenvalue weighted by molar-refractivity contribution is 5.88. The molecule has 2 aromatic carbocycles. The van der Waals surface area contributed by atoms with Crippen LogP contribution in [0.1, 0.15) is 24.8 Å². The van der Waals surface area contributed by atoms with Crippen molar-refractivity contribution < 1.29 is 14.4 Å². The van der Waals surface area contributed by atoms with Crippen LogP contribution in [0.4, 0.5) is 5.69 Å². The molecule has 3 amide bonds. The van der Waals surface area contributed by atoms with E-state index in [4.69, 9.17) is 0 Å². The van der Waals surface area contributed by atoms with Gasteiger partial charge in [0.2, 0.25) is 17.7 Å². The Morgan fingerprint density at radius 1 is 0.912 bits per heavy atom. The molecule has 1 aliphatic heterocycles. The van der Waals surface area contributed by atoms with E-state index in [0.717, 1.165) is 30.8 Å². The fourth-order valence-electron chi connectivity index (χ4n) is 4.09. The summed E-state index contributed by atoms with van der Waals surface area (Å²) in [6.07, 6.45) is 3.44. The summed E-state index contributed by atoms with van der Waals surface area (Å²) in [7, 11) is 0. The first-order valence-electron chi connectivity index (χ1n) is 11.9. The van der Waals surface area contributed by atoms with Gasteiger partial charge in [-0.3, -0.25) is 14.4 Å². The third kappa shape index (κ3) is 7.76. The third-order valence-corrected chi connectivity index (χ3v) is 5.96. The fourth-order valence-corrected chi connectivity index (χ4v) is 4.09. The van der Waals surface area contributed by atoms with Crippen LogP contribution in [0, 0.1) is 0 Å². The van der Waals surface area contributed by atoms with Crippen molar-refractivity contribution >= 4 is 23.4 Å². The molecule has 0 unspecified atom stereocenters. The zero-order valence-electron chi connectivity index (χ0n) is 19.6. The molecular weight excluding hydrogens is 428 g/mol. The molecule has 7 nitrogen and oxygen atoms in total. The Kier molecular flexibility index (Phi) is 9.70. The van der Waals surface area contributed by atoms with Gasteiger partial charge in [0.05, 0.1) is 6.42 Å². The molecule has 34 heavy (non-hydrogen) atoms. The summed E-state index contributed by atoms with van der Waals surface area (Å²) in [5, 5.41) is 5.72. The molecule has 1 saturated heterocycles. The molecular formula is C27H34N4O3. The Balaban J connectivity index is 1.56. The predicted molar refractivity (Wildman–Crippen MR) is 134 cm³/mol. The van der Waals surface area contributed by atoms with Crippen LogP contribution >= 0.6 is 0 Å². The van der Waals surface area contributed by atoms with Gasteiger partial charge in [0.15, 0.2) is 0 Å². The monoisotopic (exact) mass is 462 g/mol. The quantitative estimate of drug-likeness (QED) is 0.397. The maximum absolute atomic E-state index is 13.4. The standard InChI is InChI=1S/C27H34N4O3/c1-2-25(32)28-16-10-9-15-24(29-26(33)21-22-11-5-3-6-12-22)27(34)31-19-17-30(18-20-31)23-13-7-4-8-14-23/h2-8,11-14,24H,1,9-10,15-21H2,(H,28,32)(H,29,33)/t24-/m0/s1. The Bertz CT molecular complexity index is 941. The van der Waals surface area contributed by atoms with E-state index in [2.05, 4.69) is 34.2 Å². The molecule has 0 radical (unpaired) electrons. The number of carbonyl (C=O) groups is 3. The van der Waals surface area contributed by atoms with E-state index in [1.165, 1.54) is 6.08 Å². The third-order valence-electron chi connectivity index (χ3n) is 5.96. The van der Waals surface area contributed by atoms with Crippen LogP contribution in [0.2, 0.25) is 0 Å². The van der Waals surface area contributed by atoms with Gasteiger partial charge in [-0.2, -0.15) is 0 Å². The Morgan fingerprint density at radius 3 is 2.21 bits per heavy atom. The molecule has 3 rings (SSSR count). The lowest BCUT2D eigenvalue weighted by Gasteiger charge is -2.37. The predicted octanol–water partition coefficient (Wildman–Crippen LogP) is 2.54. The summed E-state index contributed by atoms with van der Waals surface area (Å²) in [6, 6.07) is 19.1. The van der Waals surface area contributed by atoms with Gasteiger partial charge in [-0.25, -0.2) is 0 Å². The van der Waals surface area contributed by atoms with Gasteiger partial charge in [-0.15, -0.1) is 0 Å². The second-order valence-electron chi connectivity index (χ2n) is 8.42. The van der Waals surface area contributed by atoms with Gasteiger partial charge in [0, 0.05) is 38.4 Å². The first-order chi connectivity index (χ1) is 16.6. The zero-order chi connectivity index (χ0) is 24.2. The Morgan fingerprint density at radius 2 is 1.56 bits per heavy atom. The average molecular weight is 463 g/mol. The normalized spacial score (nSPS) is 14.2. The number of unbranched alkanes of at least 4 members (excludes halogenated alkanes) is 1. The lowest BCUT2D eigenvalue weighted by molar-refractivity contribution is -0.136. The van der Waals surface area contributed by atoms with E-state index in [9.17, 15) is 14.4 Å². The number of nitrogens with one attached hydrogen (secondary N) is 2. The Labute approximate surface area is 201 Å². The number of rotatable bonds is 11. The second kappa shape index (κ2) is 13.2. The van der Waals surface area contributed by atoms with E-state index < -0.39 is 6.04 Å². The summed E-state index contributed by atoms with van der Waals surface area (Å²) in [4.78, 5) is 41.5. The van der Waals surface area contributed by atoms with Crippen molar-refractivity contribution in [3.05, 3.63) is 78.9 Å². The molecule has 2 aromatic rings. The number of para-hydroxylation sites is 1. The highest BCUT2D eigenvalue weighted by Gasteiger charge is 2.28. The number of hydrogen-bond acceptors (Lipinski definition) is 4. The number of piperazine rings is 1. The number of benzene rings is 2. The van der Waals surface area contributed by atoms with Crippen LogP contribution in [-0.2, 0) is 20.8 Å². The number of nitrogens with zero attached hydrogens (tertiary/aromatic N) is 2. The maximum atomic E-state index is 13.4. The van der Waals surface area contributed by atoms with Crippen LogP contribution < -0.4 is 15.5 Å². The van der Waals surface area contributed by atoms with Crippen LogP contribution in [0.5, 0.6) is 0 Å². The van der Waals surface area contributed by atoms with Gasteiger partial charge in [0.25, 0.3) is 0 Å². The first-order valence-corrected chi connectivity index (χ1v) is 11.9. The molecule has 0 spiro atoms. The van der Waals surface area contributed by atoms with E-state index in [0.29, 0.717) is 32.5 Å². The minimum Gasteiger partial charge on any atom is -0.368 e. The molecule has 1 fully saturated rings. The average Bonchev–Trinajstić information content (AvgIpc) is 2.88. The van der Waals surface area contributed by atoms with Crippen molar-refractivity contribution in [3.8, 4) is 0 Å². The molecule has 0 aromatic heterocycles. The van der Waals surface area contributed by atoms with Gasteiger partial charge < -0.3 is 20.4 Å². The largest absolute Gasteiger partial charge is 0.368 e. The molecule has 2 N–H and O–H groups in total. The van der Waals surface area contributed by atoms with Crippen molar-refractivity contribution in [1.29, 1.82) is 0 Å². The SMILES string of the molecule is C=CC(=O)NCCCC[C@H](NC(=O)Cc1ccccc1)C(=O)N1CCN(c2ccccc2)CC1. The Hall–Kier alpha value is -3.61. The van der Waals surface area contributed by atoms with Crippen LogP contribution in [0.3, 0.4) is 0 Å². The fraction of sp³-hybridized carbons (Fsp3) is 0.370. The van der Waals surface area contributed by atoms with Crippen LogP contribution in [0.25, 0.3) is 0 Å². The molecule has 1 aliphatic rings. The molecule has 7 heteroatoms. The second-order valence-corrected chi connectivity index (χ2v) is 8.42. The van der Waals surface area contributed by atoms with Gasteiger partial charge >= 0.3 is 0 Å². The highest BCUT2D eigenvalue weighted by atomic mass is 16.2. The minimum absolute atomic E-state index is 0.0377. The number of carbonyl (C=O) groups excluding carboxylic acids is 3. The summed E-state index contributed by atoms with van der Waals surface area (Å²) in [5.74, 6) is -0.406. The van der Waals surface area contributed by atoms with Crippen molar-refractivity contribution in [2.45, 2.75) is 31.7 Å². The van der Waals surface area contributed by atoms with Crippen LogP contribution in [0.15, 0.2) is 73.3 Å². The number of anilines is 1. The first kappa shape index (κ1) is 25.0. The minimum atomic E-state index is -0.574. The number of hydrogen-bond donors (Lipinski definition) is 2. The van der Waals surface area contributed by atoms with Crippen molar-refractivity contribution in [2.24, 2.45) is 0 Å². The van der Waals surface area contributed by atoms with Crippen molar-refractivity contribution in [3.63, 3.8) is 0 Å². The molecule has 1 atom stereocenters. The van der Waals surface area contributed by atoms with Crippen LogP contribution in [-0.4, -0.2) is 61.4 Å². The molecule has 180 valence electrons. The lowest BCUT2D eigenvalue weighted by Crippen LogP contribution is -2.55. The molecule has 0 bridgehead atoms. The summed E-state index contributed by atoms with van der Waals surface area (Å²) < 4.78 is 0. The highest BCUT2D eigenvalue weighted by Crippen LogP contribution is 2.17. The van der Waals surface area contributed by atoms with Crippen molar-refractivity contribution in [2.75, 3.05) is 37.6 Å². The van der Waals surface area contributed by atoms with E-state index in [-0.39, 0.29) is 24.1 Å². The molecule has 0 saturated carbocycles. The maximum Gasteiger partial charge on any atom is 0.245 e. The van der Waals surface area contributed by atoms with E-state index in [1.54, 1.807) is 0 Å². The van der Waals surface area contributed by atoms with E-state index >= 15 is 0 Å². The zero-order valence-corrected chi connectivity index (χ0v) is 19.6. The van der Waals surface area contributed by atoms with Gasteiger partial charge in [-0.05, 0) is 43.0 Å². The molecule has 1 heterocycles. The molecule has 0 aliphatic carbocycles. The summed E-state index contributed by atoms with van der Waals surface area (Å²) in [5.41, 5.74) is 2.07. The number of amides is 3.